The number of nitrogens with one attached hydrogen (secondary N) is 2. The molecule has 0 heterocycles. The van der Waals surface area contributed by atoms with Crippen molar-refractivity contribution in [1.29, 1.82) is 5.26 Å². The normalized spacial score (nSPS) is 10.9. The van der Waals surface area contributed by atoms with E-state index in [4.69, 9.17) is 27.9 Å². The number of carbonyl (C=O) groups is 2. The molecule has 0 aromatic heterocycles. The molecule has 3 aromatic rings. The Morgan fingerprint density at radius 2 is 1.68 bits per heavy atom. The highest BCUT2D eigenvalue weighted by molar-refractivity contribution is 6.37. The Balaban J connectivity index is 1.72. The molecular formula is C26H21Cl2N3O3. The first-order chi connectivity index (χ1) is 16.3. The largest absolute Gasteiger partial charge is 0.481 e. The zero-order valence-electron chi connectivity index (χ0n) is 18.5. The second-order valence-corrected chi connectivity index (χ2v) is 8.20. The van der Waals surface area contributed by atoms with Crippen LogP contribution in [0.1, 0.15) is 16.7 Å². The average molecular weight is 494 g/mol. The van der Waals surface area contributed by atoms with Gasteiger partial charge in [-0.15, -0.1) is 0 Å². The van der Waals surface area contributed by atoms with Gasteiger partial charge in [0.15, 0.2) is 12.4 Å². The molecule has 0 fully saturated rings. The lowest BCUT2D eigenvalue weighted by Crippen LogP contribution is -2.20. The molecule has 2 amide bonds. The molecule has 8 heteroatoms. The molecule has 34 heavy (non-hydrogen) atoms. The molecule has 0 radical (unpaired) electrons. The topological polar surface area (TPSA) is 91.2 Å². The number of benzene rings is 3. The Hall–Kier alpha value is -3.79. The van der Waals surface area contributed by atoms with E-state index in [-0.39, 0.29) is 33.9 Å². The number of hydrogen-bond donors (Lipinski definition) is 2. The minimum Gasteiger partial charge on any atom is -0.481 e. The standard InChI is InChI=1S/C26H21Cl2N3O3/c1-16-7-6-10-23(17(16)2)31-26(33)19(14-29)11-18-12-21(27)25(22(28)13-18)34-15-24(32)30-20-8-4-3-5-9-20/h3-13H,15H2,1-2H3,(H,30,32)(H,31,33)/b19-11-. The number of carbonyl (C=O) groups excluding carboxylic acids is 2. The zero-order valence-corrected chi connectivity index (χ0v) is 20.0. The summed E-state index contributed by atoms with van der Waals surface area (Å²) in [5.74, 6) is -0.805. The van der Waals surface area contributed by atoms with Crippen LogP contribution in [0.4, 0.5) is 11.4 Å². The number of halogens is 2. The lowest BCUT2D eigenvalue weighted by Gasteiger charge is -2.12. The van der Waals surface area contributed by atoms with Crippen LogP contribution >= 0.6 is 23.2 Å². The molecule has 0 spiro atoms. The van der Waals surface area contributed by atoms with Crippen molar-refractivity contribution >= 4 is 52.5 Å². The van der Waals surface area contributed by atoms with E-state index < -0.39 is 5.91 Å². The van der Waals surface area contributed by atoms with Gasteiger partial charge in [0.25, 0.3) is 11.8 Å². The average Bonchev–Trinajstić information content (AvgIpc) is 2.80. The number of nitriles is 1. The first-order valence-electron chi connectivity index (χ1n) is 10.2. The van der Waals surface area contributed by atoms with E-state index in [0.29, 0.717) is 16.9 Å². The Kier molecular flexibility index (Phi) is 8.31. The maximum absolute atomic E-state index is 12.6. The van der Waals surface area contributed by atoms with Crippen molar-refractivity contribution < 1.29 is 14.3 Å². The molecule has 3 rings (SSSR count). The second kappa shape index (κ2) is 11.4. The number of amides is 2. The molecule has 2 N–H and O–H groups in total. The van der Waals surface area contributed by atoms with Gasteiger partial charge < -0.3 is 15.4 Å². The molecule has 0 atom stereocenters. The van der Waals surface area contributed by atoms with Crippen LogP contribution in [0.25, 0.3) is 6.08 Å². The first kappa shape index (κ1) is 24.8. The Bertz CT molecular complexity index is 1280. The van der Waals surface area contributed by atoms with E-state index in [9.17, 15) is 14.9 Å². The van der Waals surface area contributed by atoms with Gasteiger partial charge in [0.1, 0.15) is 11.6 Å². The van der Waals surface area contributed by atoms with E-state index in [2.05, 4.69) is 10.6 Å². The number of anilines is 2. The molecule has 0 saturated carbocycles. The van der Waals surface area contributed by atoms with Gasteiger partial charge in [-0.1, -0.05) is 53.5 Å². The van der Waals surface area contributed by atoms with Crippen molar-refractivity contribution in [1.82, 2.24) is 0 Å². The van der Waals surface area contributed by atoms with Crippen LogP contribution in [-0.4, -0.2) is 18.4 Å². The molecule has 0 unspecified atom stereocenters. The van der Waals surface area contributed by atoms with Gasteiger partial charge in [0, 0.05) is 11.4 Å². The van der Waals surface area contributed by atoms with Gasteiger partial charge in [0.2, 0.25) is 0 Å². The van der Waals surface area contributed by atoms with Gasteiger partial charge in [-0.25, -0.2) is 0 Å². The van der Waals surface area contributed by atoms with Gasteiger partial charge in [-0.2, -0.15) is 5.26 Å². The first-order valence-corrected chi connectivity index (χ1v) is 11.0. The summed E-state index contributed by atoms with van der Waals surface area (Å²) < 4.78 is 5.50. The van der Waals surface area contributed by atoms with Gasteiger partial charge in [-0.3, -0.25) is 9.59 Å². The summed E-state index contributed by atoms with van der Waals surface area (Å²) in [5.41, 5.74) is 3.51. The van der Waals surface area contributed by atoms with Crippen molar-refractivity contribution in [2.45, 2.75) is 13.8 Å². The van der Waals surface area contributed by atoms with Crippen LogP contribution in [0.3, 0.4) is 0 Å². The predicted molar refractivity (Wildman–Crippen MR) is 135 cm³/mol. The molecule has 6 nitrogen and oxygen atoms in total. The molecule has 0 aliphatic rings. The number of para-hydroxylation sites is 1. The molecule has 0 saturated heterocycles. The smallest absolute Gasteiger partial charge is 0.266 e. The summed E-state index contributed by atoms with van der Waals surface area (Å²) in [6.07, 6.45) is 1.38. The lowest BCUT2D eigenvalue weighted by atomic mass is 10.1. The summed E-state index contributed by atoms with van der Waals surface area (Å²) in [7, 11) is 0. The minimum atomic E-state index is -0.554. The van der Waals surface area contributed by atoms with Gasteiger partial charge in [0.05, 0.1) is 10.0 Å². The van der Waals surface area contributed by atoms with Crippen molar-refractivity contribution in [3.05, 3.63) is 93.0 Å². The molecular weight excluding hydrogens is 473 g/mol. The summed E-state index contributed by atoms with van der Waals surface area (Å²) in [4.78, 5) is 24.8. The molecule has 172 valence electrons. The summed E-state index contributed by atoms with van der Waals surface area (Å²) in [5, 5.41) is 15.2. The second-order valence-electron chi connectivity index (χ2n) is 7.39. The van der Waals surface area contributed by atoms with E-state index in [1.165, 1.54) is 18.2 Å². The van der Waals surface area contributed by atoms with E-state index in [1.807, 2.05) is 38.1 Å². The minimum absolute atomic E-state index is 0.121. The summed E-state index contributed by atoms with van der Waals surface area (Å²) in [6.45, 7) is 3.52. The van der Waals surface area contributed by atoms with Crippen LogP contribution < -0.4 is 15.4 Å². The Labute approximate surface area is 207 Å². The van der Waals surface area contributed by atoms with Crippen LogP contribution in [0.5, 0.6) is 5.75 Å². The van der Waals surface area contributed by atoms with Crippen LogP contribution in [-0.2, 0) is 9.59 Å². The fourth-order valence-corrected chi connectivity index (χ4v) is 3.66. The maximum Gasteiger partial charge on any atom is 0.266 e. The molecule has 0 bridgehead atoms. The highest BCUT2D eigenvalue weighted by Crippen LogP contribution is 2.35. The highest BCUT2D eigenvalue weighted by atomic mass is 35.5. The fraction of sp³-hybridized carbons (Fsp3) is 0.115. The SMILES string of the molecule is Cc1cccc(NC(=O)/C(C#N)=C\c2cc(Cl)c(OCC(=O)Nc3ccccc3)c(Cl)c2)c1C. The van der Waals surface area contributed by atoms with Crippen molar-refractivity contribution in [3.8, 4) is 11.8 Å². The van der Waals surface area contributed by atoms with Crippen LogP contribution in [0.2, 0.25) is 10.0 Å². The summed E-state index contributed by atoms with van der Waals surface area (Å²) >= 11 is 12.6. The van der Waals surface area contributed by atoms with E-state index in [0.717, 1.165) is 11.1 Å². The number of nitrogens with zero attached hydrogens (tertiary/aromatic N) is 1. The highest BCUT2D eigenvalue weighted by Gasteiger charge is 2.15. The third-order valence-electron chi connectivity index (χ3n) is 4.95. The lowest BCUT2D eigenvalue weighted by molar-refractivity contribution is -0.118. The summed E-state index contributed by atoms with van der Waals surface area (Å²) in [6, 6.07) is 19.4. The fourth-order valence-electron chi connectivity index (χ4n) is 3.05. The van der Waals surface area contributed by atoms with Crippen LogP contribution in [0.15, 0.2) is 66.2 Å². The molecule has 0 aliphatic carbocycles. The zero-order chi connectivity index (χ0) is 24.7. The third kappa shape index (κ3) is 6.38. The Morgan fingerprint density at radius 3 is 2.32 bits per heavy atom. The van der Waals surface area contributed by atoms with Gasteiger partial charge >= 0.3 is 0 Å². The number of ether oxygens (including phenoxy) is 1. The third-order valence-corrected chi connectivity index (χ3v) is 5.52. The van der Waals surface area contributed by atoms with E-state index in [1.54, 1.807) is 30.3 Å². The molecule has 0 aliphatic heterocycles. The predicted octanol–water partition coefficient (Wildman–Crippen LogP) is 6.17. The molecule has 3 aromatic carbocycles. The monoisotopic (exact) mass is 493 g/mol. The number of rotatable bonds is 7. The van der Waals surface area contributed by atoms with Crippen LogP contribution in [0, 0.1) is 25.2 Å². The van der Waals surface area contributed by atoms with E-state index >= 15 is 0 Å². The quantitative estimate of drug-likeness (QED) is 0.304. The van der Waals surface area contributed by atoms with Crippen molar-refractivity contribution in [3.63, 3.8) is 0 Å². The Morgan fingerprint density at radius 1 is 1.00 bits per heavy atom. The number of hydrogen-bond acceptors (Lipinski definition) is 4. The maximum atomic E-state index is 12.6. The van der Waals surface area contributed by atoms with Crippen molar-refractivity contribution in [2.24, 2.45) is 0 Å². The number of aryl methyl sites for hydroxylation is 1. The van der Waals surface area contributed by atoms with Crippen molar-refractivity contribution in [2.75, 3.05) is 17.2 Å². The van der Waals surface area contributed by atoms with Gasteiger partial charge in [-0.05, 0) is 66.9 Å².